The first-order valence-corrected chi connectivity index (χ1v) is 6.90. The van der Waals surface area contributed by atoms with E-state index in [1.54, 1.807) is 0 Å². The maximum Gasteiger partial charge on any atom is 0.173 e. The van der Waals surface area contributed by atoms with E-state index in [9.17, 15) is 8.78 Å². The molecule has 1 N–H and O–H groups in total. The molecule has 1 aromatic heterocycles. The minimum absolute atomic E-state index is 0.118. The van der Waals surface area contributed by atoms with Crippen LogP contribution in [0.4, 0.5) is 8.78 Å². The summed E-state index contributed by atoms with van der Waals surface area (Å²) in [7, 11) is 1.85. The molecule has 2 aromatic rings. The third kappa shape index (κ3) is 2.46. The molecule has 0 saturated heterocycles. The topological polar surface area (TPSA) is 24.9 Å². The minimum Gasteiger partial charge on any atom is -0.315 e. The highest BCUT2D eigenvalue weighted by Gasteiger charge is 2.16. The summed E-state index contributed by atoms with van der Waals surface area (Å²) in [6, 6.07) is 2.65. The first-order valence-electron chi connectivity index (χ1n) is 5.29. The van der Waals surface area contributed by atoms with Gasteiger partial charge in [-0.15, -0.1) is 11.3 Å². The van der Waals surface area contributed by atoms with Gasteiger partial charge in [0.15, 0.2) is 11.6 Å². The Labute approximate surface area is 116 Å². The van der Waals surface area contributed by atoms with Crippen molar-refractivity contribution in [2.45, 2.75) is 13.5 Å². The zero-order valence-electron chi connectivity index (χ0n) is 9.85. The van der Waals surface area contributed by atoms with Crippen molar-refractivity contribution in [3.8, 4) is 10.6 Å². The van der Waals surface area contributed by atoms with Crippen molar-refractivity contribution in [1.29, 1.82) is 0 Å². The van der Waals surface area contributed by atoms with Crippen molar-refractivity contribution in [3.05, 3.63) is 38.8 Å². The van der Waals surface area contributed by atoms with Gasteiger partial charge in [0.2, 0.25) is 0 Å². The quantitative estimate of drug-likeness (QED) is 0.863. The number of benzene rings is 1. The van der Waals surface area contributed by atoms with E-state index >= 15 is 0 Å². The summed E-state index contributed by atoms with van der Waals surface area (Å²) < 4.78 is 26.6. The molecule has 0 bridgehead atoms. The predicted octanol–water partition coefficient (Wildman–Crippen LogP) is 3.88. The highest BCUT2D eigenvalue weighted by Crippen LogP contribution is 2.35. The molecule has 18 heavy (non-hydrogen) atoms. The molecule has 0 unspecified atom stereocenters. The number of aromatic nitrogens is 1. The molecule has 1 heterocycles. The summed E-state index contributed by atoms with van der Waals surface area (Å²) in [5.41, 5.74) is 1.48. The van der Waals surface area contributed by atoms with E-state index in [1.165, 1.54) is 17.4 Å². The van der Waals surface area contributed by atoms with Gasteiger partial charge in [0.1, 0.15) is 5.01 Å². The van der Waals surface area contributed by atoms with E-state index in [2.05, 4.69) is 26.2 Å². The molecule has 0 aliphatic rings. The van der Waals surface area contributed by atoms with Gasteiger partial charge in [0.25, 0.3) is 0 Å². The van der Waals surface area contributed by atoms with Crippen LogP contribution in [0, 0.1) is 18.6 Å². The standard InChI is InChI=1S/C12H11BrF2N2S/c1-6-9(5-16-2)18-12(17-6)7-3-4-8(14)11(15)10(7)13/h3-4,16H,5H2,1-2H3. The molecular weight excluding hydrogens is 322 g/mol. The maximum absolute atomic E-state index is 13.5. The molecule has 0 radical (unpaired) electrons. The lowest BCUT2D eigenvalue weighted by atomic mass is 10.2. The van der Waals surface area contributed by atoms with Crippen LogP contribution in [-0.2, 0) is 6.54 Å². The lowest BCUT2D eigenvalue weighted by molar-refractivity contribution is 0.505. The van der Waals surface area contributed by atoms with Crippen molar-refractivity contribution in [1.82, 2.24) is 10.3 Å². The van der Waals surface area contributed by atoms with Gasteiger partial charge in [-0.2, -0.15) is 0 Å². The number of thiazole rings is 1. The molecule has 2 rings (SSSR count). The Morgan fingerprint density at radius 3 is 2.78 bits per heavy atom. The van der Waals surface area contributed by atoms with Gasteiger partial charge in [-0.3, -0.25) is 0 Å². The molecule has 6 heteroatoms. The second kappa shape index (κ2) is 5.42. The summed E-state index contributed by atoms with van der Waals surface area (Å²) in [5, 5.41) is 3.73. The van der Waals surface area contributed by atoms with Crippen LogP contribution in [0.1, 0.15) is 10.6 Å². The lowest BCUT2D eigenvalue weighted by Crippen LogP contribution is -2.04. The second-order valence-electron chi connectivity index (χ2n) is 3.78. The van der Waals surface area contributed by atoms with Crippen molar-refractivity contribution < 1.29 is 8.78 Å². The molecule has 1 aromatic carbocycles. The van der Waals surface area contributed by atoms with Crippen LogP contribution in [-0.4, -0.2) is 12.0 Å². The van der Waals surface area contributed by atoms with E-state index in [-0.39, 0.29) is 4.47 Å². The molecule has 0 aliphatic carbocycles. The number of rotatable bonds is 3. The number of hydrogen-bond donors (Lipinski definition) is 1. The molecule has 96 valence electrons. The number of nitrogens with one attached hydrogen (secondary N) is 1. The summed E-state index contributed by atoms with van der Waals surface area (Å²) in [6.45, 7) is 2.62. The SMILES string of the molecule is CNCc1sc(-c2ccc(F)c(F)c2Br)nc1C. The first kappa shape index (κ1) is 13.6. The molecule has 0 aliphatic heterocycles. The van der Waals surface area contributed by atoms with E-state index in [1.807, 2.05) is 14.0 Å². The van der Waals surface area contributed by atoms with Gasteiger partial charge in [-0.25, -0.2) is 13.8 Å². The van der Waals surface area contributed by atoms with Gasteiger partial charge < -0.3 is 5.32 Å². The molecule has 0 saturated carbocycles. The Hall–Kier alpha value is -0.850. The third-order valence-corrected chi connectivity index (χ3v) is 4.46. The molecule has 0 amide bonds. The van der Waals surface area contributed by atoms with Crippen LogP contribution in [0.2, 0.25) is 0 Å². The Morgan fingerprint density at radius 2 is 2.11 bits per heavy atom. The first-order chi connectivity index (χ1) is 8.54. The van der Waals surface area contributed by atoms with Gasteiger partial charge in [-0.05, 0) is 42.0 Å². The Kier molecular flexibility index (Phi) is 4.09. The van der Waals surface area contributed by atoms with Gasteiger partial charge in [-0.1, -0.05) is 0 Å². The van der Waals surface area contributed by atoms with Crippen molar-refractivity contribution in [2.75, 3.05) is 7.05 Å². The zero-order chi connectivity index (χ0) is 13.3. The third-order valence-electron chi connectivity index (χ3n) is 2.50. The fourth-order valence-electron chi connectivity index (χ4n) is 1.56. The summed E-state index contributed by atoms with van der Waals surface area (Å²) in [4.78, 5) is 5.48. The van der Waals surface area contributed by atoms with Crippen LogP contribution in [0.3, 0.4) is 0 Å². The average molecular weight is 333 g/mol. The molecule has 0 atom stereocenters. The van der Waals surface area contributed by atoms with Gasteiger partial charge in [0, 0.05) is 17.0 Å². The summed E-state index contributed by atoms with van der Waals surface area (Å²) in [5.74, 6) is -1.75. The molecule has 0 spiro atoms. The number of hydrogen-bond acceptors (Lipinski definition) is 3. The molecular formula is C12H11BrF2N2S. The largest absolute Gasteiger partial charge is 0.315 e. The predicted molar refractivity (Wildman–Crippen MR) is 72.7 cm³/mol. The van der Waals surface area contributed by atoms with E-state index in [4.69, 9.17) is 0 Å². The summed E-state index contributed by atoms with van der Waals surface area (Å²) in [6.07, 6.45) is 0. The maximum atomic E-state index is 13.5. The van der Waals surface area contributed by atoms with Crippen LogP contribution >= 0.6 is 27.3 Å². The highest BCUT2D eigenvalue weighted by molar-refractivity contribution is 9.10. The fraction of sp³-hybridized carbons (Fsp3) is 0.250. The number of halogens is 3. The van der Waals surface area contributed by atoms with Crippen LogP contribution in [0.5, 0.6) is 0 Å². The van der Waals surface area contributed by atoms with Crippen molar-refractivity contribution in [2.24, 2.45) is 0 Å². The van der Waals surface area contributed by atoms with Crippen LogP contribution < -0.4 is 5.32 Å². The lowest BCUT2D eigenvalue weighted by Gasteiger charge is -2.02. The second-order valence-corrected chi connectivity index (χ2v) is 5.66. The molecule has 0 fully saturated rings. The average Bonchev–Trinajstić information content (AvgIpc) is 2.68. The van der Waals surface area contributed by atoms with Crippen molar-refractivity contribution >= 4 is 27.3 Å². The Bertz CT molecular complexity index is 584. The fourth-order valence-corrected chi connectivity index (χ4v) is 3.31. The number of aryl methyl sites for hydroxylation is 1. The van der Waals surface area contributed by atoms with Crippen molar-refractivity contribution in [3.63, 3.8) is 0 Å². The normalized spacial score (nSPS) is 10.9. The van der Waals surface area contributed by atoms with Gasteiger partial charge in [0.05, 0.1) is 10.2 Å². The minimum atomic E-state index is -0.879. The number of nitrogens with zero attached hydrogens (tertiary/aromatic N) is 1. The zero-order valence-corrected chi connectivity index (χ0v) is 12.3. The Morgan fingerprint density at radius 1 is 1.39 bits per heavy atom. The van der Waals surface area contributed by atoms with Crippen LogP contribution in [0.15, 0.2) is 16.6 Å². The van der Waals surface area contributed by atoms with E-state index < -0.39 is 11.6 Å². The van der Waals surface area contributed by atoms with Gasteiger partial charge >= 0.3 is 0 Å². The summed E-state index contributed by atoms with van der Waals surface area (Å²) >= 11 is 4.55. The molecule has 2 nitrogen and oxygen atoms in total. The van der Waals surface area contributed by atoms with E-state index in [0.29, 0.717) is 17.1 Å². The van der Waals surface area contributed by atoms with E-state index in [0.717, 1.165) is 16.6 Å². The monoisotopic (exact) mass is 332 g/mol. The highest BCUT2D eigenvalue weighted by atomic mass is 79.9. The van der Waals surface area contributed by atoms with Crippen LogP contribution in [0.25, 0.3) is 10.6 Å². The smallest absolute Gasteiger partial charge is 0.173 e. The Balaban J connectivity index is 2.49.